The molecule has 0 spiro atoms. The minimum atomic E-state index is 0.782. The van der Waals surface area contributed by atoms with Gasteiger partial charge < -0.3 is 15.0 Å². The summed E-state index contributed by atoms with van der Waals surface area (Å²) in [6.45, 7) is 2.32. The van der Waals surface area contributed by atoms with E-state index in [1.165, 1.54) is 29.6 Å². The van der Waals surface area contributed by atoms with Crippen LogP contribution in [-0.4, -0.2) is 25.2 Å². The Morgan fingerprint density at radius 2 is 2.29 bits per heavy atom. The molecular formula is C14H18N2O. The smallest absolute Gasteiger partial charge is 0.120 e. The molecule has 0 amide bonds. The Bertz CT molecular complexity index is 512. The summed E-state index contributed by atoms with van der Waals surface area (Å²) >= 11 is 0. The van der Waals surface area contributed by atoms with Crippen LogP contribution < -0.4 is 10.1 Å². The van der Waals surface area contributed by atoms with Crippen molar-refractivity contribution in [2.75, 3.05) is 20.2 Å². The van der Waals surface area contributed by atoms with E-state index >= 15 is 0 Å². The van der Waals surface area contributed by atoms with Crippen LogP contribution in [0.4, 0.5) is 0 Å². The highest BCUT2D eigenvalue weighted by Crippen LogP contribution is 2.23. The summed E-state index contributed by atoms with van der Waals surface area (Å²) in [6.07, 6.45) is 2.43. The van der Waals surface area contributed by atoms with Crippen molar-refractivity contribution in [3.63, 3.8) is 0 Å². The van der Waals surface area contributed by atoms with Crippen LogP contribution in [0.1, 0.15) is 12.1 Å². The monoisotopic (exact) mass is 230 g/mol. The molecular weight excluding hydrogens is 212 g/mol. The summed E-state index contributed by atoms with van der Waals surface area (Å²) < 4.78 is 5.23. The van der Waals surface area contributed by atoms with Gasteiger partial charge in [0, 0.05) is 17.3 Å². The Morgan fingerprint density at radius 1 is 1.35 bits per heavy atom. The number of benzene rings is 1. The summed E-state index contributed by atoms with van der Waals surface area (Å²) in [5.74, 6) is 1.69. The summed E-state index contributed by atoms with van der Waals surface area (Å²) in [5.41, 5.74) is 2.51. The molecule has 0 radical (unpaired) electrons. The van der Waals surface area contributed by atoms with Crippen molar-refractivity contribution in [2.24, 2.45) is 5.92 Å². The van der Waals surface area contributed by atoms with Crippen LogP contribution in [0, 0.1) is 5.92 Å². The van der Waals surface area contributed by atoms with Crippen molar-refractivity contribution in [3.05, 3.63) is 30.0 Å². The van der Waals surface area contributed by atoms with Crippen molar-refractivity contribution in [2.45, 2.75) is 12.8 Å². The number of nitrogens with one attached hydrogen (secondary N) is 2. The lowest BCUT2D eigenvalue weighted by molar-refractivity contribution is 0.415. The number of methoxy groups -OCH3 is 1. The fraction of sp³-hybridized carbons (Fsp3) is 0.429. The lowest BCUT2D eigenvalue weighted by Gasteiger charge is -2.04. The van der Waals surface area contributed by atoms with Gasteiger partial charge in [-0.25, -0.2) is 0 Å². The molecule has 2 heterocycles. The Morgan fingerprint density at radius 3 is 3.06 bits per heavy atom. The summed E-state index contributed by atoms with van der Waals surface area (Å²) in [5, 5.41) is 4.68. The zero-order chi connectivity index (χ0) is 11.7. The third-order valence-electron chi connectivity index (χ3n) is 3.56. The maximum Gasteiger partial charge on any atom is 0.120 e. The third-order valence-corrected chi connectivity index (χ3v) is 3.56. The van der Waals surface area contributed by atoms with Crippen molar-refractivity contribution >= 4 is 10.9 Å². The Kier molecular flexibility index (Phi) is 2.77. The van der Waals surface area contributed by atoms with Gasteiger partial charge in [-0.3, -0.25) is 0 Å². The lowest BCUT2D eigenvalue weighted by Crippen LogP contribution is -2.10. The average molecular weight is 230 g/mol. The first-order valence-corrected chi connectivity index (χ1v) is 6.21. The predicted molar refractivity (Wildman–Crippen MR) is 69.5 cm³/mol. The number of hydrogen-bond acceptors (Lipinski definition) is 2. The predicted octanol–water partition coefficient (Wildman–Crippen LogP) is 2.33. The van der Waals surface area contributed by atoms with E-state index in [0.29, 0.717) is 0 Å². The van der Waals surface area contributed by atoms with E-state index in [9.17, 15) is 0 Å². The molecule has 3 nitrogen and oxygen atoms in total. The van der Waals surface area contributed by atoms with E-state index < -0.39 is 0 Å². The third kappa shape index (κ3) is 2.15. The van der Waals surface area contributed by atoms with Gasteiger partial charge in [0.2, 0.25) is 0 Å². The second-order valence-corrected chi connectivity index (χ2v) is 4.81. The molecule has 1 aromatic heterocycles. The molecule has 90 valence electrons. The van der Waals surface area contributed by atoms with Crippen molar-refractivity contribution < 1.29 is 4.74 Å². The standard InChI is InChI=1S/C14H18N2O/c1-17-13-3-2-11-7-12(16-14(11)8-13)6-10-4-5-15-9-10/h2-3,7-8,10,15-16H,4-6,9H2,1H3. The van der Waals surface area contributed by atoms with E-state index in [-0.39, 0.29) is 0 Å². The first-order chi connectivity index (χ1) is 8.35. The Labute approximate surface area is 101 Å². The number of rotatable bonds is 3. The maximum atomic E-state index is 5.23. The Balaban J connectivity index is 1.85. The quantitative estimate of drug-likeness (QED) is 0.849. The summed E-state index contributed by atoms with van der Waals surface area (Å²) in [4.78, 5) is 3.49. The number of fused-ring (bicyclic) bond motifs is 1. The molecule has 1 aliphatic heterocycles. The van der Waals surface area contributed by atoms with Gasteiger partial charge >= 0.3 is 0 Å². The largest absolute Gasteiger partial charge is 0.497 e. The number of aromatic amines is 1. The van der Waals surface area contributed by atoms with Gasteiger partial charge in [-0.1, -0.05) is 0 Å². The van der Waals surface area contributed by atoms with E-state index in [1.807, 2.05) is 6.07 Å². The molecule has 17 heavy (non-hydrogen) atoms. The molecule has 1 unspecified atom stereocenters. The van der Waals surface area contributed by atoms with Gasteiger partial charge in [0.05, 0.1) is 7.11 Å². The molecule has 0 aliphatic carbocycles. The zero-order valence-corrected chi connectivity index (χ0v) is 10.1. The van der Waals surface area contributed by atoms with Crippen LogP contribution in [0.5, 0.6) is 5.75 Å². The van der Waals surface area contributed by atoms with E-state index in [4.69, 9.17) is 4.74 Å². The minimum Gasteiger partial charge on any atom is -0.497 e. The fourth-order valence-electron chi connectivity index (χ4n) is 2.60. The Hall–Kier alpha value is -1.48. The molecule has 0 bridgehead atoms. The van der Waals surface area contributed by atoms with Crippen LogP contribution in [0.2, 0.25) is 0 Å². The summed E-state index contributed by atoms with van der Waals surface area (Å²) in [7, 11) is 1.70. The first kappa shape index (κ1) is 10.7. The second-order valence-electron chi connectivity index (χ2n) is 4.81. The van der Waals surface area contributed by atoms with Crippen LogP contribution in [0.3, 0.4) is 0 Å². The molecule has 0 saturated carbocycles. The number of H-pyrrole nitrogens is 1. The molecule has 1 atom stereocenters. The van der Waals surface area contributed by atoms with E-state index in [2.05, 4.69) is 28.5 Å². The molecule has 1 saturated heterocycles. The van der Waals surface area contributed by atoms with Gasteiger partial charge in [-0.05, 0) is 55.4 Å². The SMILES string of the molecule is COc1ccc2cc(CC3CCNC3)[nH]c2c1. The minimum absolute atomic E-state index is 0.782. The molecule has 2 N–H and O–H groups in total. The van der Waals surface area contributed by atoms with Crippen molar-refractivity contribution in [3.8, 4) is 5.75 Å². The first-order valence-electron chi connectivity index (χ1n) is 6.21. The number of ether oxygens (including phenoxy) is 1. The molecule has 3 heteroatoms. The number of aromatic nitrogens is 1. The van der Waals surface area contributed by atoms with Crippen LogP contribution in [0.15, 0.2) is 24.3 Å². The lowest BCUT2D eigenvalue weighted by atomic mass is 10.0. The van der Waals surface area contributed by atoms with Crippen LogP contribution in [0.25, 0.3) is 10.9 Å². The average Bonchev–Trinajstić information content (AvgIpc) is 2.96. The highest BCUT2D eigenvalue weighted by molar-refractivity contribution is 5.81. The topological polar surface area (TPSA) is 37.0 Å². The van der Waals surface area contributed by atoms with Crippen LogP contribution in [-0.2, 0) is 6.42 Å². The van der Waals surface area contributed by atoms with Crippen molar-refractivity contribution in [1.29, 1.82) is 0 Å². The molecule has 1 aliphatic rings. The molecule has 1 fully saturated rings. The fourth-order valence-corrected chi connectivity index (χ4v) is 2.60. The van der Waals surface area contributed by atoms with Gasteiger partial charge in [0.1, 0.15) is 5.75 Å². The van der Waals surface area contributed by atoms with Crippen LogP contribution >= 0.6 is 0 Å². The highest BCUT2D eigenvalue weighted by atomic mass is 16.5. The summed E-state index contributed by atoms with van der Waals surface area (Å²) in [6, 6.07) is 8.44. The maximum absolute atomic E-state index is 5.23. The molecule has 3 rings (SSSR count). The zero-order valence-electron chi connectivity index (χ0n) is 10.1. The van der Waals surface area contributed by atoms with Crippen molar-refractivity contribution in [1.82, 2.24) is 10.3 Å². The van der Waals surface area contributed by atoms with Gasteiger partial charge in [-0.2, -0.15) is 0 Å². The second kappa shape index (κ2) is 4.41. The normalized spacial score (nSPS) is 19.9. The van der Waals surface area contributed by atoms with E-state index in [0.717, 1.165) is 24.6 Å². The molecule has 2 aromatic rings. The number of hydrogen-bond donors (Lipinski definition) is 2. The van der Waals surface area contributed by atoms with Gasteiger partial charge in [0.25, 0.3) is 0 Å². The van der Waals surface area contributed by atoms with Gasteiger partial charge in [0.15, 0.2) is 0 Å². The molecule has 1 aromatic carbocycles. The van der Waals surface area contributed by atoms with Gasteiger partial charge in [-0.15, -0.1) is 0 Å². The highest BCUT2D eigenvalue weighted by Gasteiger charge is 2.15. The van der Waals surface area contributed by atoms with E-state index in [1.54, 1.807) is 7.11 Å².